The van der Waals surface area contributed by atoms with Gasteiger partial charge in [-0.05, 0) is 18.1 Å². The van der Waals surface area contributed by atoms with Crippen molar-refractivity contribution < 1.29 is 14.6 Å². The van der Waals surface area contributed by atoms with Crippen LogP contribution in [0.2, 0.25) is 0 Å². The molecule has 0 saturated heterocycles. The number of aryl methyl sites for hydroxylation is 1. The quantitative estimate of drug-likeness (QED) is 0.722. The topological polar surface area (TPSA) is 46.5 Å². The van der Waals surface area contributed by atoms with E-state index in [1.54, 1.807) is 12.1 Å². The normalized spacial score (nSPS) is 19.5. The van der Waals surface area contributed by atoms with E-state index >= 15 is 0 Å². The predicted octanol–water partition coefficient (Wildman–Crippen LogP) is 4.31. The van der Waals surface area contributed by atoms with Crippen molar-refractivity contribution in [2.45, 2.75) is 12.7 Å². The zero-order chi connectivity index (χ0) is 18.1. The molecule has 1 aliphatic heterocycles. The van der Waals surface area contributed by atoms with Crippen LogP contribution in [0.1, 0.15) is 22.3 Å². The van der Waals surface area contributed by atoms with Crippen LogP contribution in [0.15, 0.2) is 84.9 Å². The molecule has 1 unspecified atom stereocenters. The first-order chi connectivity index (χ1) is 12.6. The lowest BCUT2D eigenvalue weighted by molar-refractivity contribution is -0.178. The van der Waals surface area contributed by atoms with Crippen molar-refractivity contribution in [3.8, 4) is 0 Å². The van der Waals surface area contributed by atoms with E-state index in [0.29, 0.717) is 16.7 Å². The molecule has 0 aromatic heterocycles. The minimum atomic E-state index is -1.82. The summed E-state index contributed by atoms with van der Waals surface area (Å²) in [6.45, 7) is 1.97. The van der Waals surface area contributed by atoms with E-state index in [0.717, 1.165) is 16.7 Å². The highest BCUT2D eigenvalue weighted by Crippen LogP contribution is 2.48. The summed E-state index contributed by atoms with van der Waals surface area (Å²) in [6, 6.07) is 26.1. The maximum absolute atomic E-state index is 12.8. The minimum Gasteiger partial charge on any atom is -0.421 e. The van der Waals surface area contributed by atoms with Crippen LogP contribution in [0.25, 0.3) is 11.1 Å². The lowest BCUT2D eigenvalue weighted by atomic mass is 9.87. The molecule has 0 radical (unpaired) electrons. The number of esters is 1. The first kappa shape index (κ1) is 16.3. The summed E-state index contributed by atoms with van der Waals surface area (Å²) in [5.41, 5.74) is 3.91. The second kappa shape index (κ2) is 6.28. The Kier molecular flexibility index (Phi) is 3.94. The Morgan fingerprint density at radius 2 is 1.42 bits per heavy atom. The molecule has 1 N–H and O–H groups in total. The highest BCUT2D eigenvalue weighted by atomic mass is 16.7. The largest absolute Gasteiger partial charge is 0.421 e. The molecule has 26 heavy (non-hydrogen) atoms. The number of benzene rings is 3. The molecule has 3 aromatic rings. The van der Waals surface area contributed by atoms with Gasteiger partial charge in [0.1, 0.15) is 0 Å². The fourth-order valence-corrected chi connectivity index (χ4v) is 3.38. The van der Waals surface area contributed by atoms with Crippen LogP contribution >= 0.6 is 0 Å². The highest BCUT2D eigenvalue weighted by molar-refractivity contribution is 6.28. The van der Waals surface area contributed by atoms with Gasteiger partial charge in [-0.1, -0.05) is 90.5 Å². The van der Waals surface area contributed by atoms with Gasteiger partial charge in [0.25, 0.3) is 5.79 Å². The Morgan fingerprint density at radius 3 is 2.08 bits per heavy atom. The van der Waals surface area contributed by atoms with Crippen LogP contribution in [0.3, 0.4) is 0 Å². The van der Waals surface area contributed by atoms with Crippen LogP contribution in [0.4, 0.5) is 0 Å². The fourth-order valence-electron chi connectivity index (χ4n) is 3.38. The van der Waals surface area contributed by atoms with Crippen LogP contribution in [-0.2, 0) is 15.3 Å². The molecule has 3 heteroatoms. The molecular formula is C23H18O3. The fraction of sp³-hybridized carbons (Fsp3) is 0.0870. The Balaban J connectivity index is 2.02. The van der Waals surface area contributed by atoms with Crippen molar-refractivity contribution in [1.29, 1.82) is 0 Å². The van der Waals surface area contributed by atoms with Gasteiger partial charge >= 0.3 is 5.97 Å². The number of hydrogen-bond donors (Lipinski definition) is 1. The Hall–Kier alpha value is -3.17. The first-order valence-electron chi connectivity index (χ1n) is 8.48. The molecule has 0 amide bonds. The van der Waals surface area contributed by atoms with Gasteiger partial charge in [-0.15, -0.1) is 0 Å². The van der Waals surface area contributed by atoms with Crippen molar-refractivity contribution in [3.63, 3.8) is 0 Å². The third-order valence-corrected chi connectivity index (χ3v) is 4.57. The molecule has 0 bridgehead atoms. The smallest absolute Gasteiger partial charge is 0.342 e. The molecule has 1 aliphatic rings. The van der Waals surface area contributed by atoms with Crippen LogP contribution in [0, 0.1) is 6.92 Å². The lowest BCUT2D eigenvalue weighted by Gasteiger charge is -2.25. The van der Waals surface area contributed by atoms with E-state index in [2.05, 4.69) is 0 Å². The molecule has 0 spiro atoms. The summed E-state index contributed by atoms with van der Waals surface area (Å²) in [7, 11) is 0. The number of aliphatic hydroxyl groups is 1. The SMILES string of the molecule is Cc1cccc(C2=C(c3ccccc3)C(O)(c3ccccc3)OC2=O)c1. The van der Waals surface area contributed by atoms with Gasteiger partial charge in [-0.2, -0.15) is 0 Å². The van der Waals surface area contributed by atoms with Gasteiger partial charge in [0.05, 0.1) is 11.1 Å². The summed E-state index contributed by atoms with van der Waals surface area (Å²) < 4.78 is 5.55. The maximum Gasteiger partial charge on any atom is 0.342 e. The molecule has 128 valence electrons. The zero-order valence-corrected chi connectivity index (χ0v) is 14.3. The molecule has 0 saturated carbocycles. The summed E-state index contributed by atoms with van der Waals surface area (Å²) in [6.07, 6.45) is 0. The number of cyclic esters (lactones) is 1. The number of carbonyl (C=O) groups excluding carboxylic acids is 1. The van der Waals surface area contributed by atoms with E-state index in [4.69, 9.17) is 4.74 Å². The average Bonchev–Trinajstić information content (AvgIpc) is 2.95. The number of ether oxygens (including phenoxy) is 1. The van der Waals surface area contributed by atoms with Crippen molar-refractivity contribution in [3.05, 3.63) is 107 Å². The van der Waals surface area contributed by atoms with Gasteiger partial charge in [-0.25, -0.2) is 4.79 Å². The third kappa shape index (κ3) is 2.63. The first-order valence-corrected chi connectivity index (χ1v) is 8.48. The Bertz CT molecular complexity index is 990. The van der Waals surface area contributed by atoms with Crippen LogP contribution in [-0.4, -0.2) is 11.1 Å². The monoisotopic (exact) mass is 342 g/mol. The van der Waals surface area contributed by atoms with Gasteiger partial charge in [0, 0.05) is 5.56 Å². The highest BCUT2D eigenvalue weighted by Gasteiger charge is 2.48. The maximum atomic E-state index is 12.8. The molecule has 4 rings (SSSR count). The standard InChI is InChI=1S/C23H18O3/c1-16-9-8-12-18(15-16)20-21(17-10-4-2-5-11-17)23(25,26-22(20)24)19-13-6-3-7-14-19/h2-15,25H,1H3. The van der Waals surface area contributed by atoms with E-state index in [1.807, 2.05) is 79.7 Å². The van der Waals surface area contributed by atoms with Crippen molar-refractivity contribution in [2.24, 2.45) is 0 Å². The van der Waals surface area contributed by atoms with E-state index < -0.39 is 11.8 Å². The number of rotatable bonds is 3. The predicted molar refractivity (Wildman–Crippen MR) is 101 cm³/mol. The van der Waals surface area contributed by atoms with Crippen molar-refractivity contribution in [2.75, 3.05) is 0 Å². The molecular weight excluding hydrogens is 324 g/mol. The Labute approximate surface area is 152 Å². The molecule has 1 atom stereocenters. The van der Waals surface area contributed by atoms with Gasteiger partial charge in [-0.3, -0.25) is 0 Å². The summed E-state index contributed by atoms with van der Waals surface area (Å²) in [4.78, 5) is 12.8. The van der Waals surface area contributed by atoms with E-state index in [1.165, 1.54) is 0 Å². The molecule has 0 fully saturated rings. The minimum absolute atomic E-state index is 0.395. The zero-order valence-electron chi connectivity index (χ0n) is 14.3. The third-order valence-electron chi connectivity index (χ3n) is 4.57. The average molecular weight is 342 g/mol. The van der Waals surface area contributed by atoms with E-state index in [-0.39, 0.29) is 0 Å². The summed E-state index contributed by atoms with van der Waals surface area (Å²) in [5.74, 6) is -2.35. The summed E-state index contributed by atoms with van der Waals surface area (Å²) in [5, 5.41) is 11.4. The van der Waals surface area contributed by atoms with Gasteiger partial charge in [0.15, 0.2) is 0 Å². The molecule has 0 aliphatic carbocycles. The van der Waals surface area contributed by atoms with Crippen molar-refractivity contribution in [1.82, 2.24) is 0 Å². The number of hydrogen-bond acceptors (Lipinski definition) is 3. The van der Waals surface area contributed by atoms with Crippen LogP contribution in [0.5, 0.6) is 0 Å². The summed E-state index contributed by atoms with van der Waals surface area (Å²) >= 11 is 0. The molecule has 1 heterocycles. The Morgan fingerprint density at radius 1 is 0.808 bits per heavy atom. The van der Waals surface area contributed by atoms with Gasteiger partial charge < -0.3 is 9.84 Å². The second-order valence-corrected chi connectivity index (χ2v) is 6.39. The van der Waals surface area contributed by atoms with Crippen LogP contribution < -0.4 is 0 Å². The lowest BCUT2D eigenvalue weighted by Crippen LogP contribution is -2.28. The van der Waals surface area contributed by atoms with E-state index in [9.17, 15) is 9.90 Å². The van der Waals surface area contributed by atoms with Crippen molar-refractivity contribution >= 4 is 17.1 Å². The number of carbonyl (C=O) groups is 1. The second-order valence-electron chi connectivity index (χ2n) is 6.39. The molecule has 3 aromatic carbocycles. The van der Waals surface area contributed by atoms with Gasteiger partial charge in [0.2, 0.25) is 0 Å². The molecule has 3 nitrogen and oxygen atoms in total.